The van der Waals surface area contributed by atoms with E-state index in [2.05, 4.69) is 54.3 Å². The minimum atomic E-state index is -0.668. The highest BCUT2D eigenvalue weighted by molar-refractivity contribution is 5.94. The van der Waals surface area contributed by atoms with Crippen molar-refractivity contribution in [3.63, 3.8) is 0 Å². The van der Waals surface area contributed by atoms with Crippen LogP contribution in [0.5, 0.6) is 0 Å². The molecule has 8 heteroatoms. The van der Waals surface area contributed by atoms with E-state index in [1.54, 1.807) is 0 Å². The molecule has 4 heterocycles. The second kappa shape index (κ2) is 12.4. The van der Waals surface area contributed by atoms with Gasteiger partial charge in [0.15, 0.2) is 11.5 Å². The van der Waals surface area contributed by atoms with Crippen LogP contribution < -0.4 is 0 Å². The maximum Gasteiger partial charge on any atom is 0.345 e. The summed E-state index contributed by atoms with van der Waals surface area (Å²) in [5.41, 5.74) is 1.33. The molecule has 0 aromatic heterocycles. The van der Waals surface area contributed by atoms with Gasteiger partial charge in [0.1, 0.15) is 11.3 Å². The maximum atomic E-state index is 12.5. The van der Waals surface area contributed by atoms with Crippen molar-refractivity contribution in [2.24, 2.45) is 29.6 Å². The van der Waals surface area contributed by atoms with Crippen LogP contribution in [0.2, 0.25) is 0 Å². The Morgan fingerprint density at radius 3 is 2.64 bits per heavy atom. The zero-order valence-corrected chi connectivity index (χ0v) is 24.5. The molecule has 0 radical (unpaired) electrons. The average Bonchev–Trinajstić information content (AvgIpc) is 3.47. The number of hydrogen-bond acceptors (Lipinski definition) is 8. The van der Waals surface area contributed by atoms with Crippen molar-refractivity contribution < 1.29 is 34.3 Å². The molecule has 8 atom stereocenters. The van der Waals surface area contributed by atoms with E-state index < -0.39 is 24.6 Å². The van der Waals surface area contributed by atoms with Gasteiger partial charge in [-0.3, -0.25) is 4.90 Å². The lowest BCUT2D eigenvalue weighted by Gasteiger charge is -2.50. The third-order valence-corrected chi connectivity index (χ3v) is 9.98. The summed E-state index contributed by atoms with van der Waals surface area (Å²) in [4.78, 5) is 15.0. The molecule has 0 unspecified atom stereocenters. The monoisotopic (exact) mass is 577 g/mol. The summed E-state index contributed by atoms with van der Waals surface area (Å²) in [6, 6.07) is 10.5. The number of esters is 1. The molecule has 0 amide bonds. The molecule has 2 fully saturated rings. The van der Waals surface area contributed by atoms with Gasteiger partial charge in [0, 0.05) is 30.5 Å². The van der Waals surface area contributed by atoms with E-state index in [1.165, 1.54) is 12.7 Å². The van der Waals surface area contributed by atoms with Gasteiger partial charge in [-0.05, 0) is 62.0 Å². The average molecular weight is 578 g/mol. The number of carbonyl (C=O) groups excluding carboxylic acids is 1. The summed E-state index contributed by atoms with van der Waals surface area (Å²) in [5, 5.41) is 32.6. The Hall–Kier alpha value is -2.91. The summed E-state index contributed by atoms with van der Waals surface area (Å²) < 4.78 is 17.5. The van der Waals surface area contributed by atoms with Crippen LogP contribution in [0, 0.1) is 29.6 Å². The number of ether oxygens (including phenoxy) is 3. The molecule has 226 valence electrons. The van der Waals surface area contributed by atoms with Crippen molar-refractivity contribution in [1.82, 2.24) is 4.90 Å². The smallest absolute Gasteiger partial charge is 0.345 e. The lowest BCUT2D eigenvalue weighted by Crippen LogP contribution is -2.58. The van der Waals surface area contributed by atoms with Crippen LogP contribution in [-0.2, 0) is 25.4 Å². The molecule has 8 nitrogen and oxygen atoms in total. The Morgan fingerprint density at radius 2 is 1.93 bits per heavy atom. The number of methoxy groups -OCH3 is 1. The Kier molecular flexibility index (Phi) is 8.59. The number of hydrogen-bond donors (Lipinski definition) is 3. The minimum Gasteiger partial charge on any atom is -0.492 e. The van der Waals surface area contributed by atoms with Gasteiger partial charge in [-0.15, -0.1) is 0 Å². The molecule has 6 rings (SSSR count). The summed E-state index contributed by atoms with van der Waals surface area (Å²) in [5.74, 6) is 1.13. The zero-order valence-electron chi connectivity index (χ0n) is 24.5. The van der Waals surface area contributed by atoms with Crippen molar-refractivity contribution in [2.75, 3.05) is 26.9 Å². The quantitative estimate of drug-likeness (QED) is 0.331. The van der Waals surface area contributed by atoms with Crippen LogP contribution in [0.15, 0.2) is 77.2 Å². The highest BCUT2D eigenvalue weighted by Crippen LogP contribution is 2.51. The molecule has 1 aromatic carbocycles. The van der Waals surface area contributed by atoms with Gasteiger partial charge in [0.2, 0.25) is 5.76 Å². The number of piperidine rings is 1. The lowest BCUT2D eigenvalue weighted by molar-refractivity contribution is -0.134. The molecule has 3 N–H and O–H groups in total. The van der Waals surface area contributed by atoms with E-state index in [0.717, 1.165) is 50.8 Å². The van der Waals surface area contributed by atoms with Gasteiger partial charge >= 0.3 is 5.97 Å². The number of carbonyl (C=O) groups is 1. The minimum absolute atomic E-state index is 0.0190. The molecule has 4 aliphatic heterocycles. The molecule has 1 aliphatic carbocycles. The van der Waals surface area contributed by atoms with E-state index in [4.69, 9.17) is 14.2 Å². The number of fused-ring (bicyclic) bond motifs is 3. The summed E-state index contributed by atoms with van der Waals surface area (Å²) in [7, 11) is 1.43. The topological polar surface area (TPSA) is 109 Å². The first-order valence-electron chi connectivity index (χ1n) is 15.4. The van der Waals surface area contributed by atoms with Gasteiger partial charge in [-0.1, -0.05) is 49.4 Å². The van der Waals surface area contributed by atoms with Crippen molar-refractivity contribution in [3.8, 4) is 0 Å². The van der Waals surface area contributed by atoms with Crippen LogP contribution in [0.1, 0.15) is 44.6 Å². The first-order valence-corrected chi connectivity index (χ1v) is 15.4. The van der Waals surface area contributed by atoms with Crippen LogP contribution in [-0.4, -0.2) is 71.2 Å². The highest BCUT2D eigenvalue weighted by Gasteiger charge is 2.53. The van der Waals surface area contributed by atoms with Crippen molar-refractivity contribution >= 4 is 5.97 Å². The highest BCUT2D eigenvalue weighted by atomic mass is 16.6. The van der Waals surface area contributed by atoms with E-state index in [0.29, 0.717) is 17.6 Å². The largest absolute Gasteiger partial charge is 0.492 e. The van der Waals surface area contributed by atoms with Gasteiger partial charge < -0.3 is 29.5 Å². The van der Waals surface area contributed by atoms with Crippen molar-refractivity contribution in [3.05, 3.63) is 82.7 Å². The zero-order chi connectivity index (χ0) is 29.4. The number of aliphatic hydroxyl groups excluding tert-OH is 3. The number of nitrogens with zero attached hydrogens (tertiary/aromatic N) is 1. The Balaban J connectivity index is 1.37. The van der Waals surface area contributed by atoms with E-state index >= 15 is 0 Å². The second-order valence-corrected chi connectivity index (χ2v) is 12.6. The van der Waals surface area contributed by atoms with Crippen LogP contribution in [0.4, 0.5) is 0 Å². The Morgan fingerprint density at radius 1 is 1.12 bits per heavy atom. The second-order valence-electron chi connectivity index (χ2n) is 12.6. The van der Waals surface area contributed by atoms with Gasteiger partial charge in [0.05, 0.1) is 32.3 Å². The molecule has 0 saturated carbocycles. The molecule has 0 bridgehead atoms. The normalized spacial score (nSPS) is 35.6. The van der Waals surface area contributed by atoms with Gasteiger partial charge in [-0.2, -0.15) is 0 Å². The SMILES string of the molecule is COC1=C(CO)C(=O)OC1=C1OC2=CCCN3[C@@H]([C@@H](O)[C@@H]4C=CC[C@H](C)C4)C[C@@H](Cc4ccccc4)C[C@@H]3[C@H]2[C@@H]1CO. The van der Waals surface area contributed by atoms with Crippen molar-refractivity contribution in [1.29, 1.82) is 0 Å². The van der Waals surface area contributed by atoms with Crippen LogP contribution in [0.25, 0.3) is 0 Å². The molecule has 42 heavy (non-hydrogen) atoms. The van der Waals surface area contributed by atoms with Crippen LogP contribution >= 0.6 is 0 Å². The third-order valence-electron chi connectivity index (χ3n) is 9.98. The summed E-state index contributed by atoms with van der Waals surface area (Å²) >= 11 is 0. The number of aliphatic hydroxyl groups is 3. The number of allylic oxidation sites excluding steroid dienone is 1. The van der Waals surface area contributed by atoms with E-state index in [9.17, 15) is 20.1 Å². The summed E-state index contributed by atoms with van der Waals surface area (Å²) in [6.45, 7) is 2.34. The van der Waals surface area contributed by atoms with Crippen molar-refractivity contribution in [2.45, 2.75) is 63.6 Å². The Labute approximate surface area is 248 Å². The maximum absolute atomic E-state index is 12.5. The molecule has 5 aliphatic rings. The number of benzene rings is 1. The molecular weight excluding hydrogens is 534 g/mol. The van der Waals surface area contributed by atoms with Gasteiger partial charge in [-0.25, -0.2) is 4.79 Å². The lowest BCUT2D eigenvalue weighted by atomic mass is 9.71. The molecule has 1 aromatic rings. The molecular formula is C34H43NO7. The van der Waals surface area contributed by atoms with Gasteiger partial charge in [0.25, 0.3) is 0 Å². The fourth-order valence-electron chi connectivity index (χ4n) is 8.07. The number of rotatable bonds is 7. The van der Waals surface area contributed by atoms with E-state index in [1.807, 2.05) is 6.07 Å². The predicted molar refractivity (Wildman–Crippen MR) is 156 cm³/mol. The first kappa shape index (κ1) is 29.2. The molecule has 0 spiro atoms. The fraction of sp³-hybridized carbons (Fsp3) is 0.559. The standard InChI is InChI=1S/C34H43NO7/c1-20-8-6-11-23(14-20)30(38)27-17-22(15-21-9-4-3-5-10-21)16-26-29-24(18-36)32(41-28(29)12-7-13-35(26)27)33-31(40-2)25(19-37)34(39)42-33/h3-6,9-12,20,22-24,26-27,29-30,36-38H,7-8,13-19H2,1-2H3/t20-,22-,23+,24-,26+,27+,29+,30-/m0/s1. The fourth-order valence-corrected chi connectivity index (χ4v) is 8.07. The molecule has 2 saturated heterocycles. The third kappa shape index (κ3) is 5.34. The number of cyclic esters (lactones) is 1. The predicted octanol–water partition coefficient (Wildman–Crippen LogP) is 3.85. The summed E-state index contributed by atoms with van der Waals surface area (Å²) in [6.07, 6.45) is 11.5. The van der Waals surface area contributed by atoms with E-state index in [-0.39, 0.29) is 47.6 Å². The first-order chi connectivity index (χ1) is 20.4. The Bertz CT molecular complexity index is 1280. The van der Waals surface area contributed by atoms with Crippen LogP contribution in [0.3, 0.4) is 0 Å².